The molecule has 9 heteroatoms. The molecule has 1 aromatic heterocycles. The van der Waals surface area contributed by atoms with Crippen LogP contribution in [0.25, 0.3) is 0 Å². The van der Waals surface area contributed by atoms with Gasteiger partial charge in [0, 0.05) is 12.1 Å². The number of hydrogen-bond donors (Lipinski definition) is 2. The van der Waals surface area contributed by atoms with Crippen LogP contribution in [-0.2, 0) is 6.54 Å². The van der Waals surface area contributed by atoms with Crippen LogP contribution in [0.15, 0.2) is 33.2 Å². The Balaban J connectivity index is 2.60. The summed E-state index contributed by atoms with van der Waals surface area (Å²) >= 11 is 5.80. The molecule has 2 aromatic rings. The van der Waals surface area contributed by atoms with Gasteiger partial charge in [0.05, 0.1) is 16.3 Å². The van der Waals surface area contributed by atoms with E-state index >= 15 is 0 Å². The first-order valence-corrected chi connectivity index (χ1v) is 8.00. The lowest BCUT2D eigenvalue weighted by Gasteiger charge is -2.11. The number of hydrogen-bond acceptors (Lipinski definition) is 6. The molecule has 0 saturated carbocycles. The highest BCUT2D eigenvalue weighted by Gasteiger charge is 2.18. The average molecular weight is 375 g/mol. The first kappa shape index (κ1) is 19.1. The van der Waals surface area contributed by atoms with Crippen LogP contribution in [0.3, 0.4) is 0 Å². The Morgan fingerprint density at radius 1 is 1.38 bits per heavy atom. The fraction of sp³-hybridized carbons (Fsp3) is 0.235. The molecule has 0 aliphatic rings. The summed E-state index contributed by atoms with van der Waals surface area (Å²) in [4.78, 5) is 23.7. The monoisotopic (exact) mass is 374 g/mol. The van der Waals surface area contributed by atoms with Crippen LogP contribution < -0.4 is 5.56 Å². The van der Waals surface area contributed by atoms with Gasteiger partial charge in [-0.2, -0.15) is 10.4 Å². The van der Waals surface area contributed by atoms with Gasteiger partial charge in [-0.3, -0.25) is 9.36 Å². The lowest BCUT2D eigenvalue weighted by molar-refractivity contribution is 0.0697. The first-order chi connectivity index (χ1) is 12.3. The standard InChI is InChI=1S/C17H15ClN4O4/c1-3-6-22-15(23)12(8-19)9(2)14(16(22)24)21-20-10-4-5-13(18)11(7-10)17(25)26/h4-5,7,23H,3,6H2,1-2H3,(H,25,26). The van der Waals surface area contributed by atoms with Crippen LogP contribution in [-0.4, -0.2) is 20.7 Å². The summed E-state index contributed by atoms with van der Waals surface area (Å²) in [7, 11) is 0. The summed E-state index contributed by atoms with van der Waals surface area (Å²) in [6.07, 6.45) is 0.567. The Labute approximate surface area is 153 Å². The quantitative estimate of drug-likeness (QED) is 0.766. The Hall–Kier alpha value is -3.18. The minimum atomic E-state index is -1.22. The maximum absolute atomic E-state index is 12.5. The van der Waals surface area contributed by atoms with Crippen molar-refractivity contribution < 1.29 is 15.0 Å². The van der Waals surface area contributed by atoms with Crippen molar-refractivity contribution in [3.05, 3.63) is 50.3 Å². The molecule has 0 aliphatic heterocycles. The van der Waals surface area contributed by atoms with Crippen molar-refractivity contribution in [3.63, 3.8) is 0 Å². The van der Waals surface area contributed by atoms with Gasteiger partial charge in [0.2, 0.25) is 5.88 Å². The van der Waals surface area contributed by atoms with Crippen LogP contribution in [0, 0.1) is 18.3 Å². The van der Waals surface area contributed by atoms with Crippen LogP contribution >= 0.6 is 11.6 Å². The van der Waals surface area contributed by atoms with Crippen LogP contribution in [0.4, 0.5) is 11.4 Å². The molecule has 1 heterocycles. The maximum Gasteiger partial charge on any atom is 0.337 e. The van der Waals surface area contributed by atoms with Crippen molar-refractivity contribution in [1.29, 1.82) is 5.26 Å². The summed E-state index contributed by atoms with van der Waals surface area (Å²) < 4.78 is 1.06. The van der Waals surface area contributed by atoms with Gasteiger partial charge in [0.15, 0.2) is 5.69 Å². The summed E-state index contributed by atoms with van der Waals surface area (Å²) in [5.74, 6) is -1.62. The first-order valence-electron chi connectivity index (χ1n) is 7.62. The lowest BCUT2D eigenvalue weighted by Crippen LogP contribution is -2.21. The van der Waals surface area contributed by atoms with E-state index in [4.69, 9.17) is 16.7 Å². The lowest BCUT2D eigenvalue weighted by atomic mass is 10.1. The van der Waals surface area contributed by atoms with E-state index in [1.165, 1.54) is 25.1 Å². The molecule has 2 N–H and O–H groups in total. The predicted molar refractivity (Wildman–Crippen MR) is 94.7 cm³/mol. The minimum Gasteiger partial charge on any atom is -0.493 e. The Morgan fingerprint density at radius 2 is 2.08 bits per heavy atom. The molecule has 26 heavy (non-hydrogen) atoms. The number of benzene rings is 1. The number of carboxylic acid groups (broad SMARTS) is 1. The van der Waals surface area contributed by atoms with Gasteiger partial charge in [0.25, 0.3) is 5.56 Å². The highest BCUT2D eigenvalue weighted by Crippen LogP contribution is 2.28. The largest absolute Gasteiger partial charge is 0.493 e. The molecule has 8 nitrogen and oxygen atoms in total. The molecule has 0 spiro atoms. The number of aromatic nitrogens is 1. The number of aromatic hydroxyl groups is 1. The zero-order chi connectivity index (χ0) is 19.4. The number of halogens is 1. The molecule has 134 valence electrons. The molecule has 0 bridgehead atoms. The second kappa shape index (κ2) is 7.80. The molecule has 0 atom stereocenters. The predicted octanol–water partition coefficient (Wildman–Crippen LogP) is 3.91. The van der Waals surface area contributed by atoms with Crippen molar-refractivity contribution in [1.82, 2.24) is 4.57 Å². The summed E-state index contributed by atoms with van der Waals surface area (Å²) in [5, 5.41) is 36.3. The SMILES string of the molecule is CCCn1c(O)c(C#N)c(C)c(N=Nc2ccc(Cl)c(C(=O)O)c2)c1=O. The molecule has 1 aromatic carbocycles. The molecular formula is C17H15ClN4O4. The van der Waals surface area contributed by atoms with Crippen molar-refractivity contribution in [3.8, 4) is 11.9 Å². The number of rotatable bonds is 5. The highest BCUT2D eigenvalue weighted by atomic mass is 35.5. The minimum absolute atomic E-state index is 0.0503. The third kappa shape index (κ3) is 3.58. The van der Waals surface area contributed by atoms with E-state index < -0.39 is 17.4 Å². The van der Waals surface area contributed by atoms with E-state index in [9.17, 15) is 20.0 Å². The van der Waals surface area contributed by atoms with Crippen molar-refractivity contribution in [2.75, 3.05) is 0 Å². The van der Waals surface area contributed by atoms with Gasteiger partial charge in [-0.1, -0.05) is 18.5 Å². The second-order valence-electron chi connectivity index (χ2n) is 5.41. The van der Waals surface area contributed by atoms with E-state index in [0.29, 0.717) is 6.42 Å². The number of carboxylic acids is 1. The van der Waals surface area contributed by atoms with Gasteiger partial charge in [-0.05, 0) is 31.5 Å². The highest BCUT2D eigenvalue weighted by molar-refractivity contribution is 6.33. The third-order valence-electron chi connectivity index (χ3n) is 3.66. The normalized spacial score (nSPS) is 10.8. The number of aromatic carboxylic acids is 1. The molecule has 0 saturated heterocycles. The van der Waals surface area contributed by atoms with Gasteiger partial charge in [-0.25, -0.2) is 4.79 Å². The Morgan fingerprint density at radius 3 is 2.65 bits per heavy atom. The number of carbonyl (C=O) groups is 1. The van der Waals surface area contributed by atoms with Gasteiger partial charge < -0.3 is 10.2 Å². The molecule has 2 rings (SSSR count). The van der Waals surface area contributed by atoms with E-state index in [1.807, 2.05) is 13.0 Å². The van der Waals surface area contributed by atoms with E-state index in [2.05, 4.69) is 10.2 Å². The zero-order valence-electron chi connectivity index (χ0n) is 14.0. The van der Waals surface area contributed by atoms with Gasteiger partial charge >= 0.3 is 5.97 Å². The molecular weight excluding hydrogens is 360 g/mol. The fourth-order valence-corrected chi connectivity index (χ4v) is 2.53. The summed E-state index contributed by atoms with van der Waals surface area (Å²) in [5.41, 5.74) is -0.518. The number of azo groups is 1. The van der Waals surface area contributed by atoms with Crippen LogP contribution in [0.2, 0.25) is 5.02 Å². The van der Waals surface area contributed by atoms with E-state index in [1.54, 1.807) is 0 Å². The van der Waals surface area contributed by atoms with Gasteiger partial charge in [-0.15, -0.1) is 5.11 Å². The van der Waals surface area contributed by atoms with Crippen molar-refractivity contribution in [2.45, 2.75) is 26.8 Å². The molecule has 0 fully saturated rings. The second-order valence-corrected chi connectivity index (χ2v) is 5.82. The average Bonchev–Trinajstić information content (AvgIpc) is 2.60. The number of nitrogens with zero attached hydrogens (tertiary/aromatic N) is 4. The molecule has 0 radical (unpaired) electrons. The number of pyridine rings is 1. The summed E-state index contributed by atoms with van der Waals surface area (Å²) in [6.45, 7) is 3.52. The smallest absolute Gasteiger partial charge is 0.337 e. The zero-order valence-corrected chi connectivity index (χ0v) is 14.8. The molecule has 0 unspecified atom stereocenters. The molecule has 0 aliphatic carbocycles. The van der Waals surface area contributed by atoms with E-state index in [0.717, 1.165) is 4.57 Å². The topological polar surface area (TPSA) is 128 Å². The summed E-state index contributed by atoms with van der Waals surface area (Å²) in [6, 6.07) is 5.88. The molecule has 0 amide bonds. The fourth-order valence-electron chi connectivity index (χ4n) is 2.34. The van der Waals surface area contributed by atoms with Crippen molar-refractivity contribution >= 4 is 28.9 Å². The Kier molecular flexibility index (Phi) is 5.75. The Bertz CT molecular complexity index is 1010. The third-order valence-corrected chi connectivity index (χ3v) is 3.99. The van der Waals surface area contributed by atoms with E-state index in [-0.39, 0.29) is 39.6 Å². The van der Waals surface area contributed by atoms with Gasteiger partial charge in [0.1, 0.15) is 11.6 Å². The maximum atomic E-state index is 12.5. The number of nitriles is 1. The van der Waals surface area contributed by atoms with Crippen LogP contribution in [0.1, 0.15) is 34.8 Å². The van der Waals surface area contributed by atoms with Crippen LogP contribution in [0.5, 0.6) is 5.88 Å². The van der Waals surface area contributed by atoms with Crippen molar-refractivity contribution in [2.24, 2.45) is 10.2 Å².